The highest BCUT2D eigenvalue weighted by Gasteiger charge is 2.40. The van der Waals surface area contributed by atoms with Gasteiger partial charge >= 0.3 is 5.97 Å². The Morgan fingerprint density at radius 2 is 2.39 bits per heavy atom. The van der Waals surface area contributed by atoms with E-state index in [4.69, 9.17) is 15.7 Å². The highest BCUT2D eigenvalue weighted by molar-refractivity contribution is 7.13. The lowest BCUT2D eigenvalue weighted by Crippen LogP contribution is -2.64. The lowest BCUT2D eigenvalue weighted by atomic mass is 10.1. The van der Waals surface area contributed by atoms with Crippen molar-refractivity contribution in [1.82, 2.24) is 15.4 Å². The molecule has 2 rings (SSSR count). The maximum Gasteiger partial charge on any atom is 0.332 e. The van der Waals surface area contributed by atoms with Gasteiger partial charge in [0.2, 0.25) is 0 Å². The summed E-state index contributed by atoms with van der Waals surface area (Å²) in [5.41, 5.74) is 5.60. The number of anilines is 1. The van der Waals surface area contributed by atoms with Crippen molar-refractivity contribution in [2.24, 2.45) is 5.16 Å². The Bertz CT molecular complexity index is 659. The first-order valence-electron chi connectivity index (χ1n) is 6.22. The first kappa shape index (κ1) is 16.6. The largest absolute Gasteiger partial charge is 0.479 e. The number of oxime groups is 1. The van der Waals surface area contributed by atoms with Crippen molar-refractivity contribution < 1.29 is 29.2 Å². The van der Waals surface area contributed by atoms with Gasteiger partial charge in [0.05, 0.1) is 6.54 Å². The Morgan fingerprint density at radius 3 is 2.91 bits per heavy atom. The van der Waals surface area contributed by atoms with Crippen LogP contribution in [-0.2, 0) is 24.1 Å². The molecule has 0 aliphatic carbocycles. The normalized spacial score (nSPS) is 17.6. The van der Waals surface area contributed by atoms with Crippen molar-refractivity contribution in [3.8, 4) is 0 Å². The van der Waals surface area contributed by atoms with Crippen LogP contribution in [0, 0.1) is 0 Å². The summed E-state index contributed by atoms with van der Waals surface area (Å²) in [6.07, 6.45) is 0. The van der Waals surface area contributed by atoms with E-state index in [0.29, 0.717) is 0 Å². The van der Waals surface area contributed by atoms with E-state index in [2.05, 4.69) is 20.3 Å². The van der Waals surface area contributed by atoms with E-state index < -0.39 is 30.4 Å². The lowest BCUT2D eigenvalue weighted by molar-refractivity contribution is -0.216. The number of carboxylic acids is 1. The minimum atomic E-state index is -1.21. The Hall–Kier alpha value is -2.73. The molecule has 0 radical (unpaired) electrons. The van der Waals surface area contributed by atoms with E-state index in [-0.39, 0.29) is 23.1 Å². The number of aliphatic carboxylic acids is 1. The van der Waals surface area contributed by atoms with Gasteiger partial charge in [-0.05, 0) is 0 Å². The molecule has 0 spiro atoms. The topological polar surface area (TPSA) is 156 Å². The number of nitrogens with one attached hydrogen (secondary N) is 1. The molecule has 0 unspecified atom stereocenters. The second-order valence-electron chi connectivity index (χ2n) is 4.29. The van der Waals surface area contributed by atoms with Crippen molar-refractivity contribution in [2.45, 2.75) is 6.04 Å². The summed E-state index contributed by atoms with van der Waals surface area (Å²) in [5, 5.41) is 17.1. The second-order valence-corrected chi connectivity index (χ2v) is 5.18. The molecule has 0 bridgehead atoms. The van der Waals surface area contributed by atoms with Gasteiger partial charge in [0, 0.05) is 5.38 Å². The summed E-state index contributed by atoms with van der Waals surface area (Å²) < 4.78 is 0. The summed E-state index contributed by atoms with van der Waals surface area (Å²) in [7, 11) is 1.26. The molecule has 1 aliphatic heterocycles. The zero-order valence-corrected chi connectivity index (χ0v) is 12.7. The van der Waals surface area contributed by atoms with Crippen molar-refractivity contribution in [3.63, 3.8) is 0 Å². The third kappa shape index (κ3) is 3.92. The van der Waals surface area contributed by atoms with Gasteiger partial charge in [0.15, 0.2) is 17.5 Å². The van der Waals surface area contributed by atoms with E-state index in [1.54, 1.807) is 0 Å². The Morgan fingerprint density at radius 1 is 1.65 bits per heavy atom. The molecule has 2 amide bonds. The van der Waals surface area contributed by atoms with Crippen LogP contribution in [-0.4, -0.2) is 65.0 Å². The number of rotatable bonds is 7. The van der Waals surface area contributed by atoms with Crippen molar-refractivity contribution in [3.05, 3.63) is 11.1 Å². The number of β-lactam (4-membered cyclic amide) rings is 1. The van der Waals surface area contributed by atoms with Crippen LogP contribution in [0.3, 0.4) is 0 Å². The van der Waals surface area contributed by atoms with Crippen molar-refractivity contribution >= 4 is 40.0 Å². The molecule has 1 atom stereocenters. The summed E-state index contributed by atoms with van der Waals surface area (Å²) >= 11 is 1.12. The lowest BCUT2D eigenvalue weighted by Gasteiger charge is -2.36. The number of nitrogen functional groups attached to an aromatic ring is 1. The van der Waals surface area contributed by atoms with Gasteiger partial charge in [0.25, 0.3) is 11.8 Å². The predicted molar refractivity (Wildman–Crippen MR) is 77.3 cm³/mol. The molecule has 1 saturated heterocycles. The van der Waals surface area contributed by atoms with E-state index in [1.165, 1.54) is 12.5 Å². The maximum atomic E-state index is 12.2. The monoisotopic (exact) mass is 343 g/mol. The standard InChI is InChI=1S/C11H13N5O6S/c1-21-15-8(6-4-23-11(12)14-6)9(19)13-5-2-16(10(5)20)22-3-7(17)18/h4-5H,2-3H2,1H3,(H2,12,14)(H,13,19)(H,17,18)/b15-8+/t5-/m0/s1. The average Bonchev–Trinajstić information content (AvgIpc) is 2.92. The van der Waals surface area contributed by atoms with Crippen LogP contribution in [0.2, 0.25) is 0 Å². The van der Waals surface area contributed by atoms with Crippen LogP contribution in [0.25, 0.3) is 0 Å². The first-order valence-corrected chi connectivity index (χ1v) is 7.09. The predicted octanol–water partition coefficient (Wildman–Crippen LogP) is -1.58. The van der Waals surface area contributed by atoms with Crippen LogP contribution >= 0.6 is 11.3 Å². The molecule has 1 aliphatic rings. The van der Waals surface area contributed by atoms with E-state index in [9.17, 15) is 14.4 Å². The Labute approximate surface area is 133 Å². The number of amides is 2. The number of thiazole rings is 1. The molecule has 1 aromatic rings. The molecule has 2 heterocycles. The smallest absolute Gasteiger partial charge is 0.332 e. The van der Waals surface area contributed by atoms with E-state index in [1.807, 2.05) is 0 Å². The molecule has 23 heavy (non-hydrogen) atoms. The Kier molecular flexibility index (Phi) is 5.08. The molecular weight excluding hydrogens is 330 g/mol. The third-order valence-electron chi connectivity index (χ3n) is 2.70. The summed E-state index contributed by atoms with van der Waals surface area (Å²) in [6.45, 7) is -0.613. The van der Waals surface area contributed by atoms with Crippen molar-refractivity contribution in [2.75, 3.05) is 26.0 Å². The Balaban J connectivity index is 1.95. The van der Waals surface area contributed by atoms with Crippen LogP contribution in [0.4, 0.5) is 5.13 Å². The number of hydrogen-bond acceptors (Lipinski definition) is 9. The fourth-order valence-electron chi connectivity index (χ4n) is 1.67. The van der Waals surface area contributed by atoms with Gasteiger partial charge in [-0.25, -0.2) is 14.8 Å². The van der Waals surface area contributed by atoms with Crippen LogP contribution < -0.4 is 11.1 Å². The molecule has 4 N–H and O–H groups in total. The number of nitrogens with zero attached hydrogens (tertiary/aromatic N) is 3. The van der Waals surface area contributed by atoms with E-state index in [0.717, 1.165) is 16.4 Å². The van der Waals surface area contributed by atoms with Crippen molar-refractivity contribution in [1.29, 1.82) is 0 Å². The number of carboxylic acid groups (broad SMARTS) is 1. The minimum absolute atomic E-state index is 0.0251. The van der Waals surface area contributed by atoms with E-state index >= 15 is 0 Å². The van der Waals surface area contributed by atoms with Gasteiger partial charge in [-0.1, -0.05) is 5.16 Å². The summed E-state index contributed by atoms with van der Waals surface area (Å²) in [4.78, 5) is 47.5. The quantitative estimate of drug-likeness (QED) is 0.304. The molecule has 1 aromatic heterocycles. The first-order chi connectivity index (χ1) is 10.9. The van der Waals surface area contributed by atoms with Gasteiger partial charge in [0.1, 0.15) is 18.8 Å². The van der Waals surface area contributed by atoms with Crippen LogP contribution in [0.5, 0.6) is 0 Å². The minimum Gasteiger partial charge on any atom is -0.479 e. The number of nitrogens with two attached hydrogens (primary N) is 1. The molecule has 11 nitrogen and oxygen atoms in total. The maximum absolute atomic E-state index is 12.2. The van der Waals surface area contributed by atoms with Gasteiger partial charge < -0.3 is 21.0 Å². The number of hydroxylamine groups is 2. The average molecular weight is 343 g/mol. The summed E-state index contributed by atoms with van der Waals surface area (Å²) in [5.74, 6) is -2.44. The molecule has 12 heteroatoms. The molecule has 1 fully saturated rings. The fourth-order valence-corrected chi connectivity index (χ4v) is 2.22. The fraction of sp³-hybridized carbons (Fsp3) is 0.364. The van der Waals surface area contributed by atoms with Crippen LogP contribution in [0.1, 0.15) is 5.69 Å². The molecular formula is C11H13N5O6S. The molecule has 0 saturated carbocycles. The van der Waals surface area contributed by atoms with Gasteiger partial charge in [-0.15, -0.1) is 11.3 Å². The number of carbonyl (C=O) groups excluding carboxylic acids is 2. The molecule has 124 valence electrons. The van der Waals surface area contributed by atoms with Gasteiger partial charge in [-0.3, -0.25) is 14.4 Å². The zero-order valence-electron chi connectivity index (χ0n) is 11.9. The van der Waals surface area contributed by atoms with Crippen LogP contribution in [0.15, 0.2) is 10.5 Å². The van der Waals surface area contributed by atoms with Gasteiger partial charge in [-0.2, -0.15) is 0 Å². The second kappa shape index (κ2) is 7.02. The zero-order chi connectivity index (χ0) is 17.0. The highest BCUT2D eigenvalue weighted by Crippen LogP contribution is 2.14. The highest BCUT2D eigenvalue weighted by atomic mass is 32.1. The summed E-state index contributed by atoms with van der Waals surface area (Å²) in [6, 6.07) is -0.839. The number of carbonyl (C=O) groups is 3. The number of aromatic nitrogens is 1. The number of hydrogen-bond donors (Lipinski definition) is 3. The SMILES string of the molecule is CO/N=C(/C(=O)N[C@H]1CN(OCC(=O)O)C1=O)c1csc(N)n1. The molecule has 0 aromatic carbocycles. The third-order valence-corrected chi connectivity index (χ3v) is 3.38.